The summed E-state index contributed by atoms with van der Waals surface area (Å²) >= 11 is 6.23. The predicted molar refractivity (Wildman–Crippen MR) is 110 cm³/mol. The van der Waals surface area contributed by atoms with Crippen molar-refractivity contribution in [3.63, 3.8) is 0 Å². The number of carboxylic acid groups (broad SMARTS) is 1. The van der Waals surface area contributed by atoms with Crippen molar-refractivity contribution in [2.45, 2.75) is 64.8 Å². The number of nitrogens with zero attached hydrogens (tertiary/aromatic N) is 2. The molecule has 1 aliphatic carbocycles. The molecule has 0 bridgehead atoms. The van der Waals surface area contributed by atoms with Crippen LogP contribution in [0.15, 0.2) is 24.3 Å². The third kappa shape index (κ3) is 5.99. The van der Waals surface area contributed by atoms with E-state index in [1.54, 1.807) is 0 Å². The molecule has 0 aliphatic heterocycles. The average Bonchev–Trinajstić information content (AvgIpc) is 3.28. The minimum Gasteiger partial charge on any atom is -0.493 e. The number of rotatable bonds is 10. The fourth-order valence-corrected chi connectivity index (χ4v) is 4.00. The van der Waals surface area contributed by atoms with Crippen LogP contribution in [0.3, 0.4) is 0 Å². The maximum absolute atomic E-state index is 10.6. The summed E-state index contributed by atoms with van der Waals surface area (Å²) in [6.45, 7) is 3.42. The van der Waals surface area contributed by atoms with Crippen LogP contribution in [0.2, 0.25) is 5.02 Å². The molecule has 0 amide bonds. The highest BCUT2D eigenvalue weighted by atomic mass is 35.5. The van der Waals surface area contributed by atoms with Crippen molar-refractivity contribution in [2.75, 3.05) is 6.61 Å². The number of hydrogen-bond donors (Lipinski definition) is 1. The van der Waals surface area contributed by atoms with Gasteiger partial charge >= 0.3 is 5.97 Å². The zero-order valence-corrected chi connectivity index (χ0v) is 17.2. The monoisotopic (exact) mass is 404 g/mol. The Morgan fingerprint density at radius 1 is 1.29 bits per heavy atom. The molecule has 152 valence electrons. The quantitative estimate of drug-likeness (QED) is 0.548. The number of benzene rings is 1. The summed E-state index contributed by atoms with van der Waals surface area (Å²) in [5.74, 6) is 0.800. The van der Waals surface area contributed by atoms with E-state index in [4.69, 9.17) is 26.5 Å². The lowest BCUT2D eigenvalue weighted by Gasteiger charge is -2.15. The normalized spacial score (nSPS) is 14.5. The van der Waals surface area contributed by atoms with Crippen LogP contribution < -0.4 is 4.74 Å². The van der Waals surface area contributed by atoms with Crippen molar-refractivity contribution in [3.8, 4) is 5.75 Å². The minimum absolute atomic E-state index is 0.212. The molecular formula is C22H29ClN2O3. The fraction of sp³-hybridized carbons (Fsp3) is 0.545. The number of aliphatic carboxylic acids is 1. The zero-order valence-electron chi connectivity index (χ0n) is 16.5. The molecule has 0 saturated heterocycles. The molecule has 0 unspecified atom stereocenters. The van der Waals surface area contributed by atoms with Gasteiger partial charge in [0.2, 0.25) is 0 Å². The summed E-state index contributed by atoms with van der Waals surface area (Å²) in [6.07, 6.45) is 7.64. The SMILES string of the molecule is Cc1cc(CCCCC(=O)O)nn1Cc1cc(Cl)ccc1OCC1CCCC1. The molecule has 1 saturated carbocycles. The number of ether oxygens (including phenoxy) is 1. The number of unbranched alkanes of at least 4 members (excludes halogenated alkanes) is 1. The maximum Gasteiger partial charge on any atom is 0.303 e. The third-order valence-electron chi connectivity index (χ3n) is 5.40. The second-order valence-electron chi connectivity index (χ2n) is 7.75. The Kier molecular flexibility index (Phi) is 7.37. The predicted octanol–water partition coefficient (Wildman–Crippen LogP) is 5.26. The Hall–Kier alpha value is -2.01. The summed E-state index contributed by atoms with van der Waals surface area (Å²) in [7, 11) is 0. The van der Waals surface area contributed by atoms with Gasteiger partial charge in [0.05, 0.1) is 18.8 Å². The number of aryl methyl sites for hydroxylation is 2. The van der Waals surface area contributed by atoms with Gasteiger partial charge in [-0.15, -0.1) is 0 Å². The van der Waals surface area contributed by atoms with Crippen LogP contribution >= 0.6 is 11.6 Å². The van der Waals surface area contributed by atoms with Crippen molar-refractivity contribution in [1.82, 2.24) is 9.78 Å². The summed E-state index contributed by atoms with van der Waals surface area (Å²) in [4.78, 5) is 10.6. The van der Waals surface area contributed by atoms with Gasteiger partial charge in [-0.05, 0) is 69.2 Å². The Morgan fingerprint density at radius 2 is 2.07 bits per heavy atom. The van der Waals surface area contributed by atoms with Crippen LogP contribution in [0.1, 0.15) is 61.9 Å². The summed E-state index contributed by atoms with van der Waals surface area (Å²) in [6, 6.07) is 7.86. The van der Waals surface area contributed by atoms with Crippen LogP contribution in [0.25, 0.3) is 0 Å². The first-order chi connectivity index (χ1) is 13.5. The van der Waals surface area contributed by atoms with E-state index in [1.807, 2.05) is 29.8 Å². The topological polar surface area (TPSA) is 64.3 Å². The standard InChI is InChI=1S/C22H29ClN2O3/c1-16-12-20(8-4-5-9-22(26)27)24-25(16)14-18-13-19(23)10-11-21(18)28-15-17-6-2-3-7-17/h10-13,17H,2-9,14-15H2,1H3,(H,26,27). The minimum atomic E-state index is -0.743. The molecule has 0 spiro atoms. The van der Waals surface area contributed by atoms with E-state index < -0.39 is 5.97 Å². The van der Waals surface area contributed by atoms with Crippen LogP contribution in [0, 0.1) is 12.8 Å². The number of aromatic nitrogens is 2. The first kappa shape index (κ1) is 20.7. The summed E-state index contributed by atoms with van der Waals surface area (Å²) in [5, 5.41) is 14.1. The van der Waals surface area contributed by atoms with E-state index >= 15 is 0 Å². The van der Waals surface area contributed by atoms with E-state index in [0.29, 0.717) is 23.9 Å². The smallest absolute Gasteiger partial charge is 0.303 e. The average molecular weight is 405 g/mol. The van der Waals surface area contributed by atoms with Crippen LogP contribution in [0.4, 0.5) is 0 Å². The van der Waals surface area contributed by atoms with Crippen molar-refractivity contribution in [3.05, 3.63) is 46.2 Å². The Labute approximate surface area is 171 Å². The molecule has 1 fully saturated rings. The molecule has 28 heavy (non-hydrogen) atoms. The second kappa shape index (κ2) is 9.97. The molecule has 3 rings (SSSR count). The van der Waals surface area contributed by atoms with E-state index in [-0.39, 0.29) is 6.42 Å². The first-order valence-electron chi connectivity index (χ1n) is 10.2. The number of carboxylic acids is 1. The second-order valence-corrected chi connectivity index (χ2v) is 8.19. The fourth-order valence-electron chi connectivity index (χ4n) is 3.80. The van der Waals surface area contributed by atoms with Crippen LogP contribution in [0.5, 0.6) is 5.75 Å². The molecule has 2 aromatic rings. The van der Waals surface area contributed by atoms with E-state index in [9.17, 15) is 4.79 Å². The number of halogens is 1. The van der Waals surface area contributed by atoms with Crippen molar-refractivity contribution in [1.29, 1.82) is 0 Å². The van der Waals surface area contributed by atoms with Gasteiger partial charge in [-0.3, -0.25) is 9.48 Å². The molecular weight excluding hydrogens is 376 g/mol. The molecule has 1 aliphatic rings. The lowest BCUT2D eigenvalue weighted by Crippen LogP contribution is -2.11. The third-order valence-corrected chi connectivity index (χ3v) is 5.63. The van der Waals surface area contributed by atoms with Gasteiger partial charge in [-0.1, -0.05) is 24.4 Å². The molecule has 1 aromatic heterocycles. The van der Waals surface area contributed by atoms with Crippen molar-refractivity contribution < 1.29 is 14.6 Å². The van der Waals surface area contributed by atoms with E-state index in [2.05, 4.69) is 6.07 Å². The van der Waals surface area contributed by atoms with Gasteiger partial charge in [-0.25, -0.2) is 0 Å². The Bertz CT molecular complexity index is 797. The molecule has 1 aromatic carbocycles. The lowest BCUT2D eigenvalue weighted by molar-refractivity contribution is -0.137. The van der Waals surface area contributed by atoms with Gasteiger partial charge in [-0.2, -0.15) is 5.10 Å². The van der Waals surface area contributed by atoms with Gasteiger partial charge in [0.25, 0.3) is 0 Å². The molecule has 0 radical (unpaired) electrons. The van der Waals surface area contributed by atoms with Gasteiger partial charge in [0.15, 0.2) is 0 Å². The largest absolute Gasteiger partial charge is 0.493 e. The van der Waals surface area contributed by atoms with Gasteiger partial charge in [0, 0.05) is 22.7 Å². The Morgan fingerprint density at radius 3 is 2.82 bits per heavy atom. The van der Waals surface area contributed by atoms with E-state index in [1.165, 1.54) is 25.7 Å². The molecule has 5 nitrogen and oxygen atoms in total. The molecule has 1 heterocycles. The number of hydrogen-bond acceptors (Lipinski definition) is 3. The van der Waals surface area contributed by atoms with E-state index in [0.717, 1.165) is 42.1 Å². The Balaban J connectivity index is 1.63. The zero-order chi connectivity index (χ0) is 19.9. The maximum atomic E-state index is 10.6. The van der Waals surface area contributed by atoms with Gasteiger partial charge < -0.3 is 9.84 Å². The highest BCUT2D eigenvalue weighted by Crippen LogP contribution is 2.28. The highest BCUT2D eigenvalue weighted by molar-refractivity contribution is 6.30. The number of carbonyl (C=O) groups is 1. The van der Waals surface area contributed by atoms with Crippen molar-refractivity contribution >= 4 is 17.6 Å². The van der Waals surface area contributed by atoms with Crippen LogP contribution in [-0.4, -0.2) is 27.5 Å². The van der Waals surface area contributed by atoms with Crippen molar-refractivity contribution in [2.24, 2.45) is 5.92 Å². The molecule has 1 N–H and O–H groups in total. The van der Waals surface area contributed by atoms with Crippen LogP contribution in [-0.2, 0) is 17.8 Å². The molecule has 0 atom stereocenters. The summed E-state index contributed by atoms with van der Waals surface area (Å²) in [5.41, 5.74) is 3.11. The molecule has 6 heteroatoms. The van der Waals surface area contributed by atoms with Gasteiger partial charge in [0.1, 0.15) is 5.75 Å². The highest BCUT2D eigenvalue weighted by Gasteiger charge is 2.17. The first-order valence-corrected chi connectivity index (χ1v) is 10.6. The lowest BCUT2D eigenvalue weighted by atomic mass is 10.1. The summed E-state index contributed by atoms with van der Waals surface area (Å²) < 4.78 is 8.11.